The Balaban J connectivity index is 1.77. The van der Waals surface area contributed by atoms with Crippen LogP contribution in [0.5, 0.6) is 0 Å². The summed E-state index contributed by atoms with van der Waals surface area (Å²) in [4.78, 5) is 39.3. The van der Waals surface area contributed by atoms with Crippen LogP contribution in [-0.2, 0) is 9.59 Å². The molecule has 33 heavy (non-hydrogen) atoms. The zero-order chi connectivity index (χ0) is 24.2. The van der Waals surface area contributed by atoms with Gasteiger partial charge in [-0.25, -0.2) is 0 Å². The van der Waals surface area contributed by atoms with Crippen LogP contribution in [0.1, 0.15) is 60.6 Å². The summed E-state index contributed by atoms with van der Waals surface area (Å²) in [6.07, 6.45) is 4.40. The van der Waals surface area contributed by atoms with E-state index in [2.05, 4.69) is 5.32 Å². The highest BCUT2D eigenvalue weighted by Crippen LogP contribution is 2.37. The number of carbonyl (C=O) groups excluding carboxylic acids is 2. The Hall–Kier alpha value is -3.62. The number of rotatable bonds is 8. The fourth-order valence-corrected chi connectivity index (χ4v) is 4.25. The standard InChI is InChI=1S/C24H30N4O5/c1-24(2,23(32)28-10-7-15(8-11-28)13-19(29)30)20(18-9-12-33-14-18)27-22(31)17-5-3-16(4-6-17)21(25)26/h3-6,9,12,14-15,20H,7-8,10-11,13H2,1-2H3,(H3,25,26)(H,27,31)(H,29,30). The second-order valence-electron chi connectivity index (χ2n) is 9.01. The molecule has 3 rings (SSSR count). The number of nitrogens with zero attached hydrogens (tertiary/aromatic N) is 1. The van der Waals surface area contributed by atoms with Crippen LogP contribution in [0.4, 0.5) is 0 Å². The van der Waals surface area contributed by atoms with E-state index < -0.39 is 17.4 Å². The number of aliphatic carboxylic acids is 1. The molecular formula is C24H30N4O5. The molecule has 176 valence electrons. The number of nitrogen functional groups attached to an aromatic ring is 1. The molecule has 1 fully saturated rings. The highest BCUT2D eigenvalue weighted by molar-refractivity contribution is 5.98. The second-order valence-corrected chi connectivity index (χ2v) is 9.01. The van der Waals surface area contributed by atoms with Crippen molar-refractivity contribution in [3.05, 3.63) is 59.5 Å². The smallest absolute Gasteiger partial charge is 0.303 e. The number of benzene rings is 1. The zero-order valence-electron chi connectivity index (χ0n) is 18.8. The Labute approximate surface area is 192 Å². The van der Waals surface area contributed by atoms with Crippen molar-refractivity contribution >= 4 is 23.6 Å². The molecule has 0 saturated carbocycles. The monoisotopic (exact) mass is 454 g/mol. The molecule has 1 aromatic carbocycles. The van der Waals surface area contributed by atoms with Gasteiger partial charge in [0.1, 0.15) is 5.84 Å². The van der Waals surface area contributed by atoms with Gasteiger partial charge >= 0.3 is 5.97 Å². The molecule has 1 saturated heterocycles. The van der Waals surface area contributed by atoms with Gasteiger partial charge in [0.25, 0.3) is 5.91 Å². The topological polar surface area (TPSA) is 150 Å². The van der Waals surface area contributed by atoms with E-state index in [1.165, 1.54) is 12.5 Å². The molecular weight excluding hydrogens is 424 g/mol. The van der Waals surface area contributed by atoms with Crippen LogP contribution in [0, 0.1) is 16.7 Å². The summed E-state index contributed by atoms with van der Waals surface area (Å²) in [5, 5.41) is 19.5. The molecule has 1 atom stereocenters. The predicted octanol–water partition coefficient (Wildman–Crippen LogP) is 2.77. The maximum absolute atomic E-state index is 13.5. The summed E-state index contributed by atoms with van der Waals surface area (Å²) in [6.45, 7) is 4.54. The quantitative estimate of drug-likeness (QED) is 0.356. The Morgan fingerprint density at radius 3 is 2.30 bits per heavy atom. The number of carboxylic acid groups (broad SMARTS) is 1. The van der Waals surface area contributed by atoms with Crippen LogP contribution in [0.2, 0.25) is 0 Å². The molecule has 1 aliphatic rings. The fraction of sp³-hybridized carbons (Fsp3) is 0.417. The molecule has 1 aromatic heterocycles. The first kappa shape index (κ1) is 24.0. The van der Waals surface area contributed by atoms with Crippen molar-refractivity contribution in [2.24, 2.45) is 17.1 Å². The van der Waals surface area contributed by atoms with Crippen LogP contribution < -0.4 is 11.1 Å². The van der Waals surface area contributed by atoms with Gasteiger partial charge in [0.05, 0.1) is 24.0 Å². The van der Waals surface area contributed by atoms with Crippen LogP contribution in [0.25, 0.3) is 0 Å². The average molecular weight is 455 g/mol. The first-order chi connectivity index (χ1) is 15.6. The van der Waals surface area contributed by atoms with E-state index in [4.69, 9.17) is 20.7 Å². The Bertz CT molecular complexity index is 1010. The van der Waals surface area contributed by atoms with Crippen LogP contribution in [-0.4, -0.2) is 46.7 Å². The van der Waals surface area contributed by atoms with Crippen molar-refractivity contribution < 1.29 is 23.9 Å². The van der Waals surface area contributed by atoms with Gasteiger partial charge in [-0.2, -0.15) is 0 Å². The second kappa shape index (κ2) is 9.89. The maximum Gasteiger partial charge on any atom is 0.303 e. The summed E-state index contributed by atoms with van der Waals surface area (Å²) in [6, 6.07) is 7.43. The SMILES string of the molecule is CC(C)(C(=O)N1CCC(CC(=O)O)CC1)C(NC(=O)c1ccc(C(=N)N)cc1)c1ccoc1. The minimum Gasteiger partial charge on any atom is -0.481 e. The molecule has 2 aromatic rings. The van der Waals surface area contributed by atoms with Crippen LogP contribution in [0.3, 0.4) is 0 Å². The van der Waals surface area contributed by atoms with Crippen LogP contribution >= 0.6 is 0 Å². The number of likely N-dealkylation sites (tertiary alicyclic amines) is 1. The van der Waals surface area contributed by atoms with E-state index in [0.29, 0.717) is 42.6 Å². The number of carboxylic acids is 1. The maximum atomic E-state index is 13.5. The van der Waals surface area contributed by atoms with Crippen LogP contribution in [0.15, 0.2) is 47.3 Å². The summed E-state index contributed by atoms with van der Waals surface area (Å²) in [5.74, 6) is -1.32. The van der Waals surface area contributed by atoms with Gasteiger partial charge in [0.2, 0.25) is 5.91 Å². The molecule has 0 spiro atoms. The average Bonchev–Trinajstić information content (AvgIpc) is 3.31. The fourth-order valence-electron chi connectivity index (χ4n) is 4.25. The van der Waals surface area contributed by atoms with E-state index >= 15 is 0 Å². The number of piperidine rings is 1. The third-order valence-corrected chi connectivity index (χ3v) is 6.25. The number of hydrogen-bond donors (Lipinski definition) is 4. The molecule has 9 heteroatoms. The number of amidine groups is 1. The van der Waals surface area contributed by atoms with Gasteiger partial charge < -0.3 is 25.5 Å². The molecule has 0 bridgehead atoms. The highest BCUT2D eigenvalue weighted by atomic mass is 16.4. The lowest BCUT2D eigenvalue weighted by molar-refractivity contribution is -0.144. The van der Waals surface area contributed by atoms with E-state index in [-0.39, 0.29) is 30.0 Å². The van der Waals surface area contributed by atoms with Gasteiger partial charge in [0.15, 0.2) is 0 Å². The zero-order valence-corrected chi connectivity index (χ0v) is 18.8. The molecule has 1 aliphatic heterocycles. The minimum absolute atomic E-state index is 0.0667. The molecule has 5 N–H and O–H groups in total. The van der Waals surface area contributed by atoms with Crippen molar-refractivity contribution in [3.8, 4) is 0 Å². The molecule has 9 nitrogen and oxygen atoms in total. The number of carbonyl (C=O) groups is 3. The number of nitrogens with two attached hydrogens (primary N) is 1. The van der Waals surface area contributed by atoms with Crippen molar-refractivity contribution in [1.29, 1.82) is 5.41 Å². The van der Waals surface area contributed by atoms with Crippen molar-refractivity contribution in [1.82, 2.24) is 10.2 Å². The van der Waals surface area contributed by atoms with E-state index in [1.54, 1.807) is 49.1 Å². The lowest BCUT2D eigenvalue weighted by Gasteiger charge is -2.40. The number of nitrogens with one attached hydrogen (secondary N) is 2. The third-order valence-electron chi connectivity index (χ3n) is 6.25. The third kappa shape index (κ3) is 5.60. The van der Waals surface area contributed by atoms with E-state index in [9.17, 15) is 14.4 Å². The summed E-state index contributed by atoms with van der Waals surface area (Å²) >= 11 is 0. The molecule has 1 unspecified atom stereocenters. The van der Waals surface area contributed by atoms with Gasteiger partial charge in [-0.3, -0.25) is 19.8 Å². The first-order valence-corrected chi connectivity index (χ1v) is 10.9. The first-order valence-electron chi connectivity index (χ1n) is 10.9. The lowest BCUT2D eigenvalue weighted by Crippen LogP contribution is -2.51. The van der Waals surface area contributed by atoms with Crippen molar-refractivity contribution in [2.75, 3.05) is 13.1 Å². The number of hydrogen-bond acceptors (Lipinski definition) is 5. The molecule has 0 radical (unpaired) electrons. The molecule has 2 heterocycles. The lowest BCUT2D eigenvalue weighted by atomic mass is 9.79. The normalized spacial score (nSPS) is 15.6. The number of furan rings is 1. The summed E-state index contributed by atoms with van der Waals surface area (Å²) in [7, 11) is 0. The minimum atomic E-state index is -0.988. The Morgan fingerprint density at radius 1 is 1.18 bits per heavy atom. The van der Waals surface area contributed by atoms with Crippen molar-refractivity contribution in [2.45, 2.75) is 39.2 Å². The van der Waals surface area contributed by atoms with Gasteiger partial charge in [-0.1, -0.05) is 12.1 Å². The Kier molecular flexibility index (Phi) is 7.20. The van der Waals surface area contributed by atoms with Crippen molar-refractivity contribution in [3.63, 3.8) is 0 Å². The predicted molar refractivity (Wildman–Crippen MR) is 122 cm³/mol. The van der Waals surface area contributed by atoms with Gasteiger partial charge in [0, 0.05) is 36.2 Å². The highest BCUT2D eigenvalue weighted by Gasteiger charge is 2.42. The van der Waals surface area contributed by atoms with Gasteiger partial charge in [-0.15, -0.1) is 0 Å². The number of amides is 2. The largest absolute Gasteiger partial charge is 0.481 e. The van der Waals surface area contributed by atoms with E-state index in [1.807, 2.05) is 0 Å². The molecule has 0 aliphatic carbocycles. The van der Waals surface area contributed by atoms with Gasteiger partial charge in [-0.05, 0) is 50.8 Å². The Morgan fingerprint density at radius 2 is 1.79 bits per heavy atom. The summed E-state index contributed by atoms with van der Waals surface area (Å²) in [5.41, 5.74) is 6.06. The molecule has 2 amide bonds. The van der Waals surface area contributed by atoms with E-state index in [0.717, 1.165) is 0 Å². The summed E-state index contributed by atoms with van der Waals surface area (Å²) < 4.78 is 5.23.